The molecule has 1 aromatic rings. The van der Waals surface area contributed by atoms with Gasteiger partial charge in [0.1, 0.15) is 0 Å². The first-order valence-corrected chi connectivity index (χ1v) is 6.25. The third-order valence-electron chi connectivity index (χ3n) is 3.19. The summed E-state index contributed by atoms with van der Waals surface area (Å²) in [6.07, 6.45) is 0.300. The van der Waals surface area contributed by atoms with E-state index < -0.39 is 28.9 Å². The van der Waals surface area contributed by atoms with Gasteiger partial charge in [0, 0.05) is 6.54 Å². The van der Waals surface area contributed by atoms with E-state index in [1.807, 2.05) is 0 Å². The lowest BCUT2D eigenvalue weighted by Gasteiger charge is -2.23. The van der Waals surface area contributed by atoms with Crippen LogP contribution in [0.4, 0.5) is 8.78 Å². The molecule has 0 aliphatic carbocycles. The van der Waals surface area contributed by atoms with E-state index in [-0.39, 0.29) is 17.1 Å². The van der Waals surface area contributed by atoms with Gasteiger partial charge < -0.3 is 10.4 Å². The minimum Gasteiger partial charge on any atom is -0.481 e. The van der Waals surface area contributed by atoms with Gasteiger partial charge in [0.2, 0.25) is 0 Å². The number of benzene rings is 1. The first kappa shape index (κ1) is 16.4. The smallest absolute Gasteiger partial charge is 0.311 e. The molecule has 0 saturated carbocycles. The molecule has 2 N–H and O–H groups in total. The molecule has 0 aromatic heterocycles. The first-order valence-electron chi connectivity index (χ1n) is 5.87. The molecule has 0 bridgehead atoms. The molecule has 0 heterocycles. The molecule has 0 fully saturated rings. The lowest BCUT2D eigenvalue weighted by molar-refractivity contribution is -0.147. The minimum atomic E-state index is -1.20. The van der Waals surface area contributed by atoms with Crippen molar-refractivity contribution in [1.82, 2.24) is 5.32 Å². The van der Waals surface area contributed by atoms with Crippen molar-refractivity contribution in [3.63, 3.8) is 0 Å². The summed E-state index contributed by atoms with van der Waals surface area (Å²) in [6.45, 7) is 3.00. The number of rotatable bonds is 5. The van der Waals surface area contributed by atoms with E-state index in [0.29, 0.717) is 18.6 Å². The minimum absolute atomic E-state index is 0.146. The Kier molecular flexibility index (Phi) is 5.05. The van der Waals surface area contributed by atoms with Crippen LogP contribution in [0.15, 0.2) is 12.1 Å². The maximum Gasteiger partial charge on any atom is 0.311 e. The molecule has 1 atom stereocenters. The highest BCUT2D eigenvalue weighted by Gasteiger charge is 2.31. The fourth-order valence-electron chi connectivity index (χ4n) is 1.42. The van der Waals surface area contributed by atoms with Crippen LogP contribution >= 0.6 is 11.6 Å². The average Bonchev–Trinajstić information content (AvgIpc) is 2.39. The number of hydrogen-bond acceptors (Lipinski definition) is 2. The van der Waals surface area contributed by atoms with Crippen LogP contribution in [0.1, 0.15) is 30.6 Å². The lowest BCUT2D eigenvalue weighted by atomic mass is 9.87. The summed E-state index contributed by atoms with van der Waals surface area (Å²) in [6, 6.07) is 1.37. The van der Waals surface area contributed by atoms with Crippen molar-refractivity contribution in [2.75, 3.05) is 6.54 Å². The van der Waals surface area contributed by atoms with Gasteiger partial charge in [-0.25, -0.2) is 8.78 Å². The molecule has 110 valence electrons. The van der Waals surface area contributed by atoms with Crippen LogP contribution in [0, 0.1) is 17.0 Å². The third kappa shape index (κ3) is 3.45. The molecular weight excluding hydrogens is 292 g/mol. The summed E-state index contributed by atoms with van der Waals surface area (Å²) in [5.41, 5.74) is -1.38. The molecule has 1 unspecified atom stereocenters. The predicted molar refractivity (Wildman–Crippen MR) is 69.7 cm³/mol. The number of carbonyl (C=O) groups excluding carboxylic acids is 1. The molecule has 20 heavy (non-hydrogen) atoms. The largest absolute Gasteiger partial charge is 0.481 e. The lowest BCUT2D eigenvalue weighted by Crippen LogP contribution is -2.40. The van der Waals surface area contributed by atoms with E-state index in [0.717, 1.165) is 0 Å². The second-order valence-electron chi connectivity index (χ2n) is 4.65. The van der Waals surface area contributed by atoms with E-state index in [1.165, 1.54) is 6.92 Å². The summed E-state index contributed by atoms with van der Waals surface area (Å²) < 4.78 is 26.0. The maximum absolute atomic E-state index is 13.1. The SMILES string of the molecule is CCC(C)(CNC(=O)c1cc(F)c(F)cc1Cl)C(=O)O. The highest BCUT2D eigenvalue weighted by atomic mass is 35.5. The van der Waals surface area contributed by atoms with Gasteiger partial charge in [0.05, 0.1) is 16.0 Å². The Bertz CT molecular complexity index is 551. The Balaban J connectivity index is 2.88. The zero-order valence-electron chi connectivity index (χ0n) is 11.0. The highest BCUT2D eigenvalue weighted by molar-refractivity contribution is 6.33. The van der Waals surface area contributed by atoms with Gasteiger partial charge in [-0.15, -0.1) is 0 Å². The quantitative estimate of drug-likeness (QED) is 0.822. The normalized spacial score (nSPS) is 13.7. The predicted octanol–water partition coefficient (Wildman–Crippen LogP) is 2.85. The maximum atomic E-state index is 13.1. The van der Waals surface area contributed by atoms with Crippen LogP contribution in [0.25, 0.3) is 0 Å². The standard InChI is InChI=1S/C13H14ClF2NO3/c1-3-13(2,12(19)20)6-17-11(18)7-4-9(15)10(16)5-8(7)14/h4-5H,3,6H2,1-2H3,(H,17,18)(H,19,20). The van der Waals surface area contributed by atoms with Crippen LogP contribution in [0.5, 0.6) is 0 Å². The summed E-state index contributed by atoms with van der Waals surface area (Å²) in [5, 5.41) is 11.2. The topological polar surface area (TPSA) is 66.4 Å². The summed E-state index contributed by atoms with van der Waals surface area (Å²) >= 11 is 5.66. The number of amides is 1. The van der Waals surface area contributed by atoms with Crippen LogP contribution in [-0.2, 0) is 4.79 Å². The van der Waals surface area contributed by atoms with Gasteiger partial charge in [-0.05, 0) is 25.5 Å². The van der Waals surface area contributed by atoms with Gasteiger partial charge in [-0.2, -0.15) is 0 Å². The molecule has 1 amide bonds. The van der Waals surface area contributed by atoms with Gasteiger partial charge in [-0.1, -0.05) is 18.5 Å². The molecule has 0 aliphatic rings. The van der Waals surface area contributed by atoms with Crippen molar-refractivity contribution in [3.8, 4) is 0 Å². The Morgan fingerprint density at radius 1 is 1.35 bits per heavy atom. The summed E-state index contributed by atoms with van der Waals surface area (Å²) in [4.78, 5) is 22.9. The average molecular weight is 306 g/mol. The number of aliphatic carboxylic acids is 1. The number of carboxylic acid groups (broad SMARTS) is 1. The number of carboxylic acids is 1. The summed E-state index contributed by atoms with van der Waals surface area (Å²) in [5.74, 6) is -4.17. The first-order chi connectivity index (χ1) is 9.21. The van der Waals surface area contributed by atoms with Crippen molar-refractivity contribution in [2.45, 2.75) is 20.3 Å². The second kappa shape index (κ2) is 6.17. The van der Waals surface area contributed by atoms with Crippen molar-refractivity contribution in [3.05, 3.63) is 34.4 Å². The van der Waals surface area contributed by atoms with Crippen LogP contribution in [0.3, 0.4) is 0 Å². The molecule has 0 radical (unpaired) electrons. The van der Waals surface area contributed by atoms with E-state index in [1.54, 1.807) is 6.92 Å². The van der Waals surface area contributed by atoms with E-state index in [4.69, 9.17) is 16.7 Å². The van der Waals surface area contributed by atoms with Crippen LogP contribution in [0.2, 0.25) is 5.02 Å². The molecular formula is C13H14ClF2NO3. The third-order valence-corrected chi connectivity index (χ3v) is 3.50. The zero-order valence-corrected chi connectivity index (χ0v) is 11.7. The summed E-state index contributed by atoms with van der Waals surface area (Å²) in [7, 11) is 0. The Labute approximate surface area is 119 Å². The van der Waals surface area contributed by atoms with Gasteiger partial charge in [0.25, 0.3) is 5.91 Å². The van der Waals surface area contributed by atoms with Crippen LogP contribution < -0.4 is 5.32 Å². The van der Waals surface area contributed by atoms with Crippen molar-refractivity contribution in [1.29, 1.82) is 0 Å². The molecule has 1 aromatic carbocycles. The van der Waals surface area contributed by atoms with Gasteiger partial charge in [0.15, 0.2) is 11.6 Å². The Morgan fingerprint density at radius 3 is 2.40 bits per heavy atom. The van der Waals surface area contributed by atoms with Gasteiger partial charge >= 0.3 is 5.97 Å². The molecule has 0 aliphatic heterocycles. The van der Waals surface area contributed by atoms with Gasteiger partial charge in [-0.3, -0.25) is 9.59 Å². The Morgan fingerprint density at radius 2 is 1.90 bits per heavy atom. The molecule has 7 heteroatoms. The fourth-order valence-corrected chi connectivity index (χ4v) is 1.66. The van der Waals surface area contributed by atoms with Crippen LogP contribution in [-0.4, -0.2) is 23.5 Å². The van der Waals surface area contributed by atoms with Crippen molar-refractivity contribution >= 4 is 23.5 Å². The molecule has 0 saturated heterocycles. The monoisotopic (exact) mass is 305 g/mol. The highest BCUT2D eigenvalue weighted by Crippen LogP contribution is 2.22. The number of carbonyl (C=O) groups is 2. The van der Waals surface area contributed by atoms with Crippen molar-refractivity contribution < 1.29 is 23.5 Å². The van der Waals surface area contributed by atoms with E-state index in [2.05, 4.69) is 5.32 Å². The zero-order chi connectivity index (χ0) is 15.5. The van der Waals surface area contributed by atoms with E-state index >= 15 is 0 Å². The Hall–Kier alpha value is -1.69. The van der Waals surface area contributed by atoms with Crippen molar-refractivity contribution in [2.24, 2.45) is 5.41 Å². The molecule has 0 spiro atoms. The fraction of sp³-hybridized carbons (Fsp3) is 0.385. The number of hydrogen-bond donors (Lipinski definition) is 2. The molecule has 1 rings (SSSR count). The second-order valence-corrected chi connectivity index (χ2v) is 5.06. The number of halogens is 3. The molecule has 4 nitrogen and oxygen atoms in total. The number of nitrogens with one attached hydrogen (secondary N) is 1. The van der Waals surface area contributed by atoms with E-state index in [9.17, 15) is 18.4 Å².